The molecule has 0 saturated heterocycles. The Labute approximate surface area is 138 Å². The number of aromatic amines is 2. The third kappa shape index (κ3) is 5.78. The van der Waals surface area contributed by atoms with Crippen LogP contribution in [0.2, 0.25) is 0 Å². The van der Waals surface area contributed by atoms with Gasteiger partial charge in [-0.25, -0.2) is 4.39 Å². The molecule has 0 aliphatic heterocycles. The van der Waals surface area contributed by atoms with Gasteiger partial charge in [0, 0.05) is 18.2 Å². The van der Waals surface area contributed by atoms with Gasteiger partial charge >= 0.3 is 0 Å². The Morgan fingerprint density at radius 1 is 1.35 bits per heavy atom. The van der Waals surface area contributed by atoms with Gasteiger partial charge in [0.2, 0.25) is 5.91 Å². The van der Waals surface area contributed by atoms with E-state index in [2.05, 4.69) is 15.3 Å². The zero-order chi connectivity index (χ0) is 16.8. The van der Waals surface area contributed by atoms with E-state index in [1.165, 1.54) is 18.2 Å². The number of hydrogen-bond donors (Lipinski definition) is 3. The maximum absolute atomic E-state index is 13.1. The Bertz CT molecular complexity index is 772. The van der Waals surface area contributed by atoms with Crippen LogP contribution >= 0.6 is 12.2 Å². The molecular formula is C16H18FN3O2S. The van der Waals surface area contributed by atoms with Crippen molar-refractivity contribution in [2.24, 2.45) is 5.92 Å². The molecule has 0 aliphatic rings. The summed E-state index contributed by atoms with van der Waals surface area (Å²) in [5.74, 6) is -0.327. The molecule has 0 saturated carbocycles. The molecule has 5 nitrogen and oxygen atoms in total. The highest BCUT2D eigenvalue weighted by atomic mass is 32.1. The molecule has 122 valence electrons. The van der Waals surface area contributed by atoms with E-state index in [0.717, 1.165) is 5.56 Å². The topological polar surface area (TPSA) is 77.8 Å². The van der Waals surface area contributed by atoms with Crippen molar-refractivity contribution < 1.29 is 9.18 Å². The molecule has 1 atom stereocenters. The van der Waals surface area contributed by atoms with Gasteiger partial charge in [0.05, 0.1) is 6.54 Å². The highest BCUT2D eigenvalue weighted by Crippen LogP contribution is 2.13. The first-order valence-corrected chi connectivity index (χ1v) is 7.67. The minimum absolute atomic E-state index is 0.0782. The van der Waals surface area contributed by atoms with Gasteiger partial charge < -0.3 is 10.3 Å². The lowest BCUT2D eigenvalue weighted by Crippen LogP contribution is -2.26. The van der Waals surface area contributed by atoms with E-state index in [4.69, 9.17) is 12.2 Å². The molecule has 2 rings (SSSR count). The zero-order valence-electron chi connectivity index (χ0n) is 12.7. The molecule has 0 aliphatic carbocycles. The number of amides is 1. The van der Waals surface area contributed by atoms with Gasteiger partial charge in [0.25, 0.3) is 5.56 Å². The highest BCUT2D eigenvalue weighted by Gasteiger charge is 2.10. The number of benzene rings is 1. The normalized spacial score (nSPS) is 11.9. The Kier molecular flexibility index (Phi) is 5.81. The molecule has 1 heterocycles. The Morgan fingerprint density at radius 2 is 2.13 bits per heavy atom. The number of H-pyrrole nitrogens is 2. The fourth-order valence-corrected chi connectivity index (χ4v) is 2.57. The average Bonchev–Trinajstić information content (AvgIpc) is 2.44. The second kappa shape index (κ2) is 7.82. The van der Waals surface area contributed by atoms with Crippen LogP contribution in [-0.4, -0.2) is 15.9 Å². The summed E-state index contributed by atoms with van der Waals surface area (Å²) in [7, 11) is 0. The van der Waals surface area contributed by atoms with Gasteiger partial charge in [-0.15, -0.1) is 0 Å². The summed E-state index contributed by atoms with van der Waals surface area (Å²) in [5.41, 5.74) is 1.10. The Morgan fingerprint density at radius 3 is 2.83 bits per heavy atom. The van der Waals surface area contributed by atoms with Crippen LogP contribution < -0.4 is 10.9 Å². The van der Waals surface area contributed by atoms with Gasteiger partial charge in [0.1, 0.15) is 5.82 Å². The van der Waals surface area contributed by atoms with Crippen molar-refractivity contribution in [1.82, 2.24) is 15.3 Å². The Hall–Kier alpha value is -2.28. The van der Waals surface area contributed by atoms with Crippen molar-refractivity contribution in [1.29, 1.82) is 0 Å². The monoisotopic (exact) mass is 335 g/mol. The summed E-state index contributed by atoms with van der Waals surface area (Å²) in [6.45, 7) is 2.14. The van der Waals surface area contributed by atoms with Crippen molar-refractivity contribution in [2.75, 3.05) is 0 Å². The zero-order valence-corrected chi connectivity index (χ0v) is 13.5. The SMILES string of the molecule is CC(CC(=O)NCc1cc(=O)[nH]c(=S)[nH]1)Cc1cccc(F)c1. The predicted octanol–water partition coefficient (Wildman–Crippen LogP) is 2.46. The number of nitrogens with one attached hydrogen (secondary N) is 3. The van der Waals surface area contributed by atoms with E-state index in [9.17, 15) is 14.0 Å². The van der Waals surface area contributed by atoms with E-state index >= 15 is 0 Å². The molecule has 7 heteroatoms. The smallest absolute Gasteiger partial charge is 0.251 e. The van der Waals surface area contributed by atoms with Gasteiger partial charge in [-0.05, 0) is 42.3 Å². The van der Waals surface area contributed by atoms with Gasteiger partial charge in [0.15, 0.2) is 4.77 Å². The summed E-state index contributed by atoms with van der Waals surface area (Å²) in [4.78, 5) is 28.4. The van der Waals surface area contributed by atoms with Crippen LogP contribution in [0.4, 0.5) is 4.39 Å². The third-order valence-corrected chi connectivity index (χ3v) is 3.50. The number of rotatable bonds is 6. The fraction of sp³-hybridized carbons (Fsp3) is 0.312. The van der Waals surface area contributed by atoms with E-state index in [1.807, 2.05) is 13.0 Å². The summed E-state index contributed by atoms with van der Waals surface area (Å²) in [6, 6.07) is 7.73. The number of hydrogen-bond acceptors (Lipinski definition) is 3. The number of carbonyl (C=O) groups excluding carboxylic acids is 1. The summed E-state index contributed by atoms with van der Waals surface area (Å²) >= 11 is 4.87. The molecule has 1 aromatic heterocycles. The van der Waals surface area contributed by atoms with Crippen molar-refractivity contribution in [3.8, 4) is 0 Å². The van der Waals surface area contributed by atoms with Crippen molar-refractivity contribution in [3.05, 3.63) is 62.5 Å². The number of carbonyl (C=O) groups is 1. The molecule has 0 radical (unpaired) electrons. The molecule has 2 aromatic rings. The third-order valence-electron chi connectivity index (χ3n) is 3.30. The molecule has 1 aromatic carbocycles. The second-order valence-electron chi connectivity index (χ2n) is 5.53. The fourth-order valence-electron chi connectivity index (χ4n) is 2.34. The lowest BCUT2D eigenvalue weighted by atomic mass is 9.98. The van der Waals surface area contributed by atoms with E-state index in [1.54, 1.807) is 6.07 Å². The molecule has 23 heavy (non-hydrogen) atoms. The van der Waals surface area contributed by atoms with Gasteiger partial charge in [-0.3, -0.25) is 14.6 Å². The minimum atomic E-state index is -0.308. The quantitative estimate of drug-likeness (QED) is 0.710. The van der Waals surface area contributed by atoms with E-state index < -0.39 is 0 Å². The highest BCUT2D eigenvalue weighted by molar-refractivity contribution is 7.71. The number of halogens is 1. The lowest BCUT2D eigenvalue weighted by molar-refractivity contribution is -0.122. The predicted molar refractivity (Wildman–Crippen MR) is 88.0 cm³/mol. The van der Waals surface area contributed by atoms with Crippen molar-refractivity contribution >= 4 is 18.1 Å². The van der Waals surface area contributed by atoms with Crippen LogP contribution in [0.1, 0.15) is 24.6 Å². The van der Waals surface area contributed by atoms with E-state index in [0.29, 0.717) is 18.5 Å². The van der Waals surface area contributed by atoms with Crippen LogP contribution in [0.25, 0.3) is 0 Å². The van der Waals surface area contributed by atoms with Crippen LogP contribution in [0.5, 0.6) is 0 Å². The second-order valence-corrected chi connectivity index (χ2v) is 5.94. The molecule has 1 unspecified atom stereocenters. The van der Waals surface area contributed by atoms with Crippen molar-refractivity contribution in [2.45, 2.75) is 26.3 Å². The summed E-state index contributed by atoms with van der Waals surface area (Å²) < 4.78 is 13.4. The van der Waals surface area contributed by atoms with Gasteiger partial charge in [-0.2, -0.15) is 0 Å². The number of aromatic nitrogens is 2. The Balaban J connectivity index is 1.84. The molecule has 3 N–H and O–H groups in total. The van der Waals surface area contributed by atoms with Crippen LogP contribution in [0, 0.1) is 16.5 Å². The molecule has 0 fully saturated rings. The summed E-state index contributed by atoms with van der Waals surface area (Å²) in [5, 5.41) is 2.74. The summed E-state index contributed by atoms with van der Waals surface area (Å²) in [6.07, 6.45) is 0.944. The molecule has 0 bridgehead atoms. The first kappa shape index (κ1) is 17.1. The molecule has 1 amide bonds. The standard InChI is InChI=1S/C16H18FN3O2S/c1-10(5-11-3-2-4-12(17)7-11)6-14(21)18-9-13-8-15(22)20-16(23)19-13/h2-4,7-8,10H,5-6,9H2,1H3,(H,18,21)(H2,19,20,22,23). The van der Waals surface area contributed by atoms with Crippen LogP contribution in [-0.2, 0) is 17.8 Å². The minimum Gasteiger partial charge on any atom is -0.351 e. The lowest BCUT2D eigenvalue weighted by Gasteiger charge is -2.12. The maximum atomic E-state index is 13.1. The van der Waals surface area contributed by atoms with Crippen LogP contribution in [0.15, 0.2) is 35.1 Å². The first-order chi connectivity index (χ1) is 10.9. The van der Waals surface area contributed by atoms with E-state index in [-0.39, 0.29) is 34.5 Å². The van der Waals surface area contributed by atoms with Crippen molar-refractivity contribution in [3.63, 3.8) is 0 Å². The maximum Gasteiger partial charge on any atom is 0.251 e. The molecule has 0 spiro atoms. The van der Waals surface area contributed by atoms with Crippen LogP contribution in [0.3, 0.4) is 0 Å². The molecular weight excluding hydrogens is 317 g/mol. The first-order valence-electron chi connectivity index (χ1n) is 7.26. The largest absolute Gasteiger partial charge is 0.351 e. The average molecular weight is 335 g/mol. The van der Waals surface area contributed by atoms with Gasteiger partial charge in [-0.1, -0.05) is 19.1 Å².